The molecule has 1 aliphatic rings. The zero-order chi connectivity index (χ0) is 10.7. The lowest BCUT2D eigenvalue weighted by atomic mass is 9.81. The molecule has 1 nitrogen and oxygen atoms in total. The molecule has 0 unspecified atom stereocenters. The highest BCUT2D eigenvalue weighted by molar-refractivity contribution is 5.20. The lowest BCUT2D eigenvalue weighted by molar-refractivity contribution is 0.308. The molecule has 2 N–H and O–H groups in total. The van der Waals surface area contributed by atoms with Crippen LogP contribution < -0.4 is 5.73 Å². The van der Waals surface area contributed by atoms with Gasteiger partial charge in [0, 0.05) is 6.04 Å². The van der Waals surface area contributed by atoms with Gasteiger partial charge in [-0.25, -0.2) is 4.39 Å². The summed E-state index contributed by atoms with van der Waals surface area (Å²) in [5.74, 6) is 0.402. The summed E-state index contributed by atoms with van der Waals surface area (Å²) >= 11 is 0. The third kappa shape index (κ3) is 2.57. The van der Waals surface area contributed by atoms with Crippen LogP contribution in [0.3, 0.4) is 0 Å². The fraction of sp³-hybridized carbons (Fsp3) is 0.538. The molecule has 0 aromatic heterocycles. The third-order valence-corrected chi connectivity index (χ3v) is 3.41. The predicted molar refractivity (Wildman–Crippen MR) is 59.9 cm³/mol. The first-order valence-corrected chi connectivity index (χ1v) is 5.78. The molecule has 0 bridgehead atoms. The maximum Gasteiger partial charge on any atom is 0.123 e. The maximum atomic E-state index is 12.8. The maximum absolute atomic E-state index is 12.8. The summed E-state index contributed by atoms with van der Waals surface area (Å²) in [7, 11) is 0. The standard InChI is InChI=1S/C13H18FN/c14-12-8-6-11(7-9-12)13(15)10-4-2-1-3-5-10/h6-10,13H,1-5,15H2/t13-/m1/s1. The van der Waals surface area contributed by atoms with Crippen molar-refractivity contribution in [2.24, 2.45) is 11.7 Å². The van der Waals surface area contributed by atoms with Gasteiger partial charge in [-0.2, -0.15) is 0 Å². The van der Waals surface area contributed by atoms with E-state index in [4.69, 9.17) is 5.73 Å². The van der Waals surface area contributed by atoms with Crippen molar-refractivity contribution >= 4 is 0 Å². The molecular formula is C13H18FN. The Kier molecular flexibility index (Phi) is 3.37. The van der Waals surface area contributed by atoms with Gasteiger partial charge in [0.15, 0.2) is 0 Å². The largest absolute Gasteiger partial charge is 0.324 e. The molecule has 1 aliphatic carbocycles. The van der Waals surface area contributed by atoms with E-state index >= 15 is 0 Å². The Labute approximate surface area is 90.5 Å². The minimum atomic E-state index is -0.186. The van der Waals surface area contributed by atoms with E-state index in [-0.39, 0.29) is 11.9 Å². The Morgan fingerprint density at radius 3 is 2.27 bits per heavy atom. The van der Waals surface area contributed by atoms with Crippen LogP contribution in [0.1, 0.15) is 43.7 Å². The van der Waals surface area contributed by atoms with Gasteiger partial charge in [0.2, 0.25) is 0 Å². The average molecular weight is 207 g/mol. The van der Waals surface area contributed by atoms with Crippen molar-refractivity contribution in [3.8, 4) is 0 Å². The number of hydrogen-bond acceptors (Lipinski definition) is 1. The summed E-state index contributed by atoms with van der Waals surface area (Å²) in [4.78, 5) is 0. The molecule has 2 rings (SSSR count). The van der Waals surface area contributed by atoms with Crippen molar-refractivity contribution in [1.82, 2.24) is 0 Å². The molecule has 0 spiro atoms. The first-order valence-electron chi connectivity index (χ1n) is 5.78. The summed E-state index contributed by atoms with van der Waals surface area (Å²) < 4.78 is 12.8. The Hall–Kier alpha value is -0.890. The molecule has 1 atom stereocenters. The van der Waals surface area contributed by atoms with Gasteiger partial charge in [-0.15, -0.1) is 0 Å². The van der Waals surface area contributed by atoms with Crippen LogP contribution in [0, 0.1) is 11.7 Å². The summed E-state index contributed by atoms with van der Waals surface area (Å²) in [5.41, 5.74) is 7.27. The summed E-state index contributed by atoms with van der Waals surface area (Å²) in [6.45, 7) is 0. The minimum Gasteiger partial charge on any atom is -0.324 e. The zero-order valence-electron chi connectivity index (χ0n) is 8.95. The van der Waals surface area contributed by atoms with Crippen LogP contribution in [0.25, 0.3) is 0 Å². The first-order chi connectivity index (χ1) is 7.27. The monoisotopic (exact) mass is 207 g/mol. The molecule has 1 saturated carbocycles. The highest BCUT2D eigenvalue weighted by Crippen LogP contribution is 2.32. The lowest BCUT2D eigenvalue weighted by Crippen LogP contribution is -2.23. The van der Waals surface area contributed by atoms with Crippen LogP contribution in [0.2, 0.25) is 0 Å². The van der Waals surface area contributed by atoms with Gasteiger partial charge in [-0.3, -0.25) is 0 Å². The van der Waals surface area contributed by atoms with E-state index in [2.05, 4.69) is 0 Å². The molecule has 15 heavy (non-hydrogen) atoms. The van der Waals surface area contributed by atoms with Crippen molar-refractivity contribution in [1.29, 1.82) is 0 Å². The van der Waals surface area contributed by atoms with Crippen LogP contribution in [-0.4, -0.2) is 0 Å². The second-order valence-electron chi connectivity index (χ2n) is 4.48. The second kappa shape index (κ2) is 4.75. The molecular weight excluding hydrogens is 189 g/mol. The van der Waals surface area contributed by atoms with E-state index < -0.39 is 0 Å². The molecule has 1 fully saturated rings. The van der Waals surface area contributed by atoms with Crippen molar-refractivity contribution in [2.75, 3.05) is 0 Å². The van der Waals surface area contributed by atoms with E-state index in [1.54, 1.807) is 0 Å². The van der Waals surface area contributed by atoms with Crippen LogP contribution in [-0.2, 0) is 0 Å². The van der Waals surface area contributed by atoms with Gasteiger partial charge < -0.3 is 5.73 Å². The second-order valence-corrected chi connectivity index (χ2v) is 4.48. The summed E-state index contributed by atoms with van der Waals surface area (Å²) in [6, 6.07) is 6.71. The highest BCUT2D eigenvalue weighted by Gasteiger charge is 2.21. The average Bonchev–Trinajstić information content (AvgIpc) is 2.30. The molecule has 82 valence electrons. The van der Waals surface area contributed by atoms with Crippen LogP contribution in [0.5, 0.6) is 0 Å². The van der Waals surface area contributed by atoms with Gasteiger partial charge in [0.1, 0.15) is 5.82 Å². The van der Waals surface area contributed by atoms with E-state index in [0.717, 1.165) is 5.56 Å². The van der Waals surface area contributed by atoms with Gasteiger partial charge in [-0.05, 0) is 36.5 Å². The SMILES string of the molecule is N[C@@H](c1ccc(F)cc1)C1CCCCC1. The molecule has 2 heteroatoms. The van der Waals surface area contributed by atoms with Gasteiger partial charge >= 0.3 is 0 Å². The zero-order valence-corrected chi connectivity index (χ0v) is 8.95. The van der Waals surface area contributed by atoms with Crippen molar-refractivity contribution in [3.63, 3.8) is 0 Å². The van der Waals surface area contributed by atoms with Crippen LogP contribution in [0.15, 0.2) is 24.3 Å². The minimum absolute atomic E-state index is 0.0888. The molecule has 1 aromatic carbocycles. The number of benzene rings is 1. The van der Waals surface area contributed by atoms with E-state index in [0.29, 0.717) is 5.92 Å². The van der Waals surface area contributed by atoms with Crippen LogP contribution in [0.4, 0.5) is 4.39 Å². The number of halogens is 1. The third-order valence-electron chi connectivity index (χ3n) is 3.41. The van der Waals surface area contributed by atoms with Crippen molar-refractivity contribution < 1.29 is 4.39 Å². The molecule has 0 aliphatic heterocycles. The number of nitrogens with two attached hydrogens (primary N) is 1. The molecule has 0 radical (unpaired) electrons. The Morgan fingerprint density at radius 1 is 1.07 bits per heavy atom. The van der Waals surface area contributed by atoms with E-state index in [9.17, 15) is 4.39 Å². The topological polar surface area (TPSA) is 26.0 Å². The highest BCUT2D eigenvalue weighted by atomic mass is 19.1. The van der Waals surface area contributed by atoms with E-state index in [1.807, 2.05) is 12.1 Å². The molecule has 1 aromatic rings. The quantitative estimate of drug-likeness (QED) is 0.790. The number of hydrogen-bond donors (Lipinski definition) is 1. The van der Waals surface area contributed by atoms with Gasteiger partial charge in [0.25, 0.3) is 0 Å². The molecule has 0 amide bonds. The normalized spacial score (nSPS) is 20.1. The van der Waals surface area contributed by atoms with Crippen molar-refractivity contribution in [2.45, 2.75) is 38.1 Å². The molecule has 0 heterocycles. The predicted octanol–water partition coefficient (Wildman–Crippen LogP) is 3.41. The Bertz CT molecular complexity index is 301. The first kappa shape index (κ1) is 10.6. The fourth-order valence-electron chi connectivity index (χ4n) is 2.45. The summed E-state index contributed by atoms with van der Waals surface area (Å²) in [6.07, 6.45) is 6.36. The number of rotatable bonds is 2. The van der Waals surface area contributed by atoms with E-state index in [1.165, 1.54) is 44.2 Å². The molecule has 0 saturated heterocycles. The fourth-order valence-corrected chi connectivity index (χ4v) is 2.45. The smallest absolute Gasteiger partial charge is 0.123 e. The van der Waals surface area contributed by atoms with Gasteiger partial charge in [-0.1, -0.05) is 31.4 Å². The Morgan fingerprint density at radius 2 is 1.67 bits per heavy atom. The summed E-state index contributed by atoms with van der Waals surface area (Å²) in [5, 5.41) is 0. The van der Waals surface area contributed by atoms with Gasteiger partial charge in [0.05, 0.1) is 0 Å². The van der Waals surface area contributed by atoms with Crippen LogP contribution >= 0.6 is 0 Å². The lowest BCUT2D eigenvalue weighted by Gasteiger charge is -2.27. The van der Waals surface area contributed by atoms with Crippen molar-refractivity contribution in [3.05, 3.63) is 35.6 Å². The Balaban J connectivity index is 2.05.